The Balaban J connectivity index is 2.38. The lowest BCUT2D eigenvalue weighted by Crippen LogP contribution is -2.50. The van der Waals surface area contributed by atoms with Crippen LogP contribution < -0.4 is 4.90 Å². The van der Waals surface area contributed by atoms with Gasteiger partial charge < -0.3 is 9.84 Å². The molecule has 0 saturated heterocycles. The first-order valence-electron chi connectivity index (χ1n) is 6.47. The first-order chi connectivity index (χ1) is 9.29. The van der Waals surface area contributed by atoms with E-state index in [-0.39, 0.29) is 0 Å². The van der Waals surface area contributed by atoms with Gasteiger partial charge in [0.25, 0.3) is 0 Å². The topological polar surface area (TPSA) is 79.7 Å². The second-order valence-corrected chi connectivity index (χ2v) is 5.75. The molecule has 0 aromatic carbocycles. The smallest absolute Gasteiger partial charge is 0.415 e. The van der Waals surface area contributed by atoms with Crippen LogP contribution in [-0.4, -0.2) is 33.8 Å². The summed E-state index contributed by atoms with van der Waals surface area (Å²) in [5, 5.41) is 9.32. The van der Waals surface area contributed by atoms with Gasteiger partial charge in [0.05, 0.1) is 5.69 Å². The molecule has 0 radical (unpaired) electrons. The van der Waals surface area contributed by atoms with Gasteiger partial charge in [-0.15, -0.1) is 0 Å². The highest BCUT2D eigenvalue weighted by Gasteiger charge is 2.38. The van der Waals surface area contributed by atoms with Crippen LogP contribution in [0.15, 0.2) is 18.5 Å². The number of aromatic nitrogens is 1. The Bertz CT molecular complexity index is 536. The Morgan fingerprint density at radius 2 is 2.15 bits per heavy atom. The number of aryl methyl sites for hydroxylation is 1. The quantitative estimate of drug-likeness (QED) is 0.852. The van der Waals surface area contributed by atoms with Crippen LogP contribution in [0.25, 0.3) is 0 Å². The van der Waals surface area contributed by atoms with Crippen LogP contribution in [0.5, 0.6) is 0 Å². The highest BCUT2D eigenvalue weighted by Crippen LogP contribution is 2.31. The molecule has 20 heavy (non-hydrogen) atoms. The molecular formula is C14H18N2O4. The number of ether oxygens (including phenoxy) is 1. The number of hydrogen-bond donors (Lipinski definition) is 1. The zero-order valence-electron chi connectivity index (χ0n) is 11.8. The van der Waals surface area contributed by atoms with Crippen molar-refractivity contribution in [2.24, 2.45) is 0 Å². The summed E-state index contributed by atoms with van der Waals surface area (Å²) in [6, 6.07) is 0.744. The molecular weight excluding hydrogens is 260 g/mol. The Labute approximate surface area is 117 Å². The van der Waals surface area contributed by atoms with Crippen LogP contribution in [0.2, 0.25) is 0 Å². The third-order valence-corrected chi connectivity index (χ3v) is 3.01. The summed E-state index contributed by atoms with van der Waals surface area (Å²) in [7, 11) is 0. The first-order valence-corrected chi connectivity index (χ1v) is 6.47. The second-order valence-electron chi connectivity index (χ2n) is 5.75. The minimum absolute atomic E-state index is 0.354. The monoisotopic (exact) mass is 278 g/mol. The van der Waals surface area contributed by atoms with Crippen LogP contribution >= 0.6 is 0 Å². The lowest BCUT2D eigenvalue weighted by atomic mass is 9.98. The molecule has 1 aliphatic heterocycles. The lowest BCUT2D eigenvalue weighted by molar-refractivity contribution is -0.138. The molecule has 1 N–H and O–H groups in total. The van der Waals surface area contributed by atoms with Crippen molar-refractivity contribution in [1.82, 2.24) is 4.98 Å². The Morgan fingerprint density at radius 3 is 2.75 bits per heavy atom. The molecule has 6 heteroatoms. The van der Waals surface area contributed by atoms with E-state index < -0.39 is 23.7 Å². The predicted octanol–water partition coefficient (Wildman–Crippen LogP) is 2.22. The fourth-order valence-electron chi connectivity index (χ4n) is 2.21. The third kappa shape index (κ3) is 2.89. The number of amides is 1. The Hall–Kier alpha value is -2.11. The summed E-state index contributed by atoms with van der Waals surface area (Å²) >= 11 is 0. The normalized spacial score (nSPS) is 18.4. The number of fused-ring (bicyclic) bond motifs is 1. The average molecular weight is 278 g/mol. The Morgan fingerprint density at radius 1 is 1.45 bits per heavy atom. The number of anilines is 1. The van der Waals surface area contributed by atoms with Gasteiger partial charge in [-0.1, -0.05) is 0 Å². The van der Waals surface area contributed by atoms with Gasteiger partial charge >= 0.3 is 12.1 Å². The Kier molecular flexibility index (Phi) is 3.65. The van der Waals surface area contributed by atoms with E-state index in [9.17, 15) is 14.7 Å². The van der Waals surface area contributed by atoms with Crippen LogP contribution in [0, 0.1) is 0 Å². The van der Waals surface area contributed by atoms with Crippen LogP contribution in [0.3, 0.4) is 0 Å². The molecule has 1 aromatic rings. The summed E-state index contributed by atoms with van der Waals surface area (Å²) in [6.07, 6.45) is 3.50. The summed E-state index contributed by atoms with van der Waals surface area (Å²) in [4.78, 5) is 28.9. The molecule has 2 rings (SSSR count). The maximum atomic E-state index is 12.3. The second kappa shape index (κ2) is 5.11. The third-order valence-electron chi connectivity index (χ3n) is 3.01. The van der Waals surface area contributed by atoms with Crippen molar-refractivity contribution in [3.63, 3.8) is 0 Å². The summed E-state index contributed by atoms with van der Waals surface area (Å²) in [5.41, 5.74) is 0.744. The minimum atomic E-state index is -1.03. The van der Waals surface area contributed by atoms with E-state index in [2.05, 4.69) is 4.98 Å². The van der Waals surface area contributed by atoms with E-state index in [1.807, 2.05) is 0 Å². The van der Waals surface area contributed by atoms with E-state index >= 15 is 0 Å². The zero-order valence-corrected chi connectivity index (χ0v) is 11.8. The van der Waals surface area contributed by atoms with Crippen molar-refractivity contribution in [2.75, 3.05) is 4.90 Å². The largest absolute Gasteiger partial charge is 0.480 e. The van der Waals surface area contributed by atoms with Crippen molar-refractivity contribution in [3.05, 3.63) is 24.0 Å². The van der Waals surface area contributed by atoms with Gasteiger partial charge in [-0.25, -0.2) is 9.59 Å². The van der Waals surface area contributed by atoms with E-state index in [0.717, 1.165) is 5.56 Å². The van der Waals surface area contributed by atoms with Gasteiger partial charge in [-0.2, -0.15) is 0 Å². The maximum Gasteiger partial charge on any atom is 0.415 e. The van der Waals surface area contributed by atoms with E-state index in [1.54, 1.807) is 39.2 Å². The number of hydrogen-bond acceptors (Lipinski definition) is 4. The van der Waals surface area contributed by atoms with Crippen molar-refractivity contribution in [1.29, 1.82) is 0 Å². The van der Waals surface area contributed by atoms with Gasteiger partial charge in [-0.05, 0) is 45.2 Å². The first kappa shape index (κ1) is 14.3. The van der Waals surface area contributed by atoms with E-state index in [0.29, 0.717) is 18.5 Å². The fraction of sp³-hybridized carbons (Fsp3) is 0.500. The summed E-state index contributed by atoms with van der Waals surface area (Å²) in [6.45, 7) is 5.24. The molecule has 1 aromatic heterocycles. The van der Waals surface area contributed by atoms with Gasteiger partial charge in [0.1, 0.15) is 11.6 Å². The minimum Gasteiger partial charge on any atom is -0.480 e. The molecule has 6 nitrogen and oxygen atoms in total. The molecule has 0 aliphatic carbocycles. The number of carbonyl (C=O) groups is 2. The SMILES string of the molecule is CC(C)(C)OC(=O)N1c2ccncc2CCC1C(=O)O. The van der Waals surface area contributed by atoms with Crippen LogP contribution in [-0.2, 0) is 16.0 Å². The molecule has 1 atom stereocenters. The number of pyridine rings is 1. The van der Waals surface area contributed by atoms with Gasteiger partial charge in [0, 0.05) is 12.4 Å². The number of carbonyl (C=O) groups excluding carboxylic acids is 1. The number of aliphatic carboxylic acids is 1. The zero-order chi connectivity index (χ0) is 14.9. The fourth-order valence-corrected chi connectivity index (χ4v) is 2.21. The highest BCUT2D eigenvalue weighted by molar-refractivity contribution is 5.96. The van der Waals surface area contributed by atoms with Crippen molar-refractivity contribution < 1.29 is 19.4 Å². The molecule has 0 spiro atoms. The predicted molar refractivity (Wildman–Crippen MR) is 72.7 cm³/mol. The van der Waals surface area contributed by atoms with E-state index in [1.165, 1.54) is 4.90 Å². The average Bonchev–Trinajstić information content (AvgIpc) is 2.35. The van der Waals surface area contributed by atoms with Gasteiger partial charge in [0.2, 0.25) is 0 Å². The lowest BCUT2D eigenvalue weighted by Gasteiger charge is -2.35. The van der Waals surface area contributed by atoms with Crippen LogP contribution in [0.1, 0.15) is 32.8 Å². The van der Waals surface area contributed by atoms with Crippen molar-refractivity contribution in [3.8, 4) is 0 Å². The standard InChI is InChI=1S/C14H18N2O4/c1-14(2,3)20-13(19)16-10-6-7-15-8-9(10)4-5-11(16)12(17)18/h6-8,11H,4-5H2,1-3H3,(H,17,18). The molecule has 0 saturated carbocycles. The van der Waals surface area contributed by atoms with Gasteiger partial charge in [0.15, 0.2) is 0 Å². The number of nitrogens with zero attached hydrogens (tertiary/aromatic N) is 2. The number of rotatable bonds is 1. The maximum absolute atomic E-state index is 12.3. The molecule has 1 amide bonds. The summed E-state index contributed by atoms with van der Waals surface area (Å²) < 4.78 is 5.32. The summed E-state index contributed by atoms with van der Waals surface area (Å²) in [5.74, 6) is -1.03. The van der Waals surface area contributed by atoms with E-state index in [4.69, 9.17) is 4.74 Å². The van der Waals surface area contributed by atoms with Crippen LogP contribution in [0.4, 0.5) is 10.5 Å². The molecule has 1 unspecified atom stereocenters. The highest BCUT2D eigenvalue weighted by atomic mass is 16.6. The van der Waals surface area contributed by atoms with Crippen molar-refractivity contribution in [2.45, 2.75) is 45.3 Å². The number of carboxylic acids is 1. The molecule has 0 bridgehead atoms. The molecule has 2 heterocycles. The van der Waals surface area contributed by atoms with Crippen molar-refractivity contribution >= 4 is 17.7 Å². The molecule has 1 aliphatic rings. The number of carboxylic acid groups (broad SMARTS) is 1. The molecule has 108 valence electrons. The molecule has 0 fully saturated rings. The van der Waals surface area contributed by atoms with Gasteiger partial charge in [-0.3, -0.25) is 9.88 Å².